The molecule has 1 aliphatic heterocycles. The highest BCUT2D eigenvalue weighted by Crippen LogP contribution is 2.35. The number of nitrogens with zero attached hydrogens (tertiary/aromatic N) is 2. The van der Waals surface area contributed by atoms with E-state index in [9.17, 15) is 24.5 Å². The zero-order valence-electron chi connectivity index (χ0n) is 16.0. The van der Waals surface area contributed by atoms with Gasteiger partial charge in [0.25, 0.3) is 17.5 Å². The molecule has 2 amide bonds. The normalized spacial score (nSPS) is 13.7. The summed E-state index contributed by atoms with van der Waals surface area (Å²) in [4.78, 5) is 48.6. The van der Waals surface area contributed by atoms with E-state index in [4.69, 9.17) is 16.3 Å². The van der Waals surface area contributed by atoms with Crippen molar-refractivity contribution in [3.8, 4) is 0 Å². The molecule has 154 valence electrons. The van der Waals surface area contributed by atoms with Crippen LogP contribution in [-0.2, 0) is 14.3 Å². The van der Waals surface area contributed by atoms with Crippen LogP contribution in [0.5, 0.6) is 0 Å². The quantitative estimate of drug-likeness (QED) is 0.216. The predicted octanol–water partition coefficient (Wildman–Crippen LogP) is 4.08. The molecule has 0 atom stereocenters. The third-order valence-electron chi connectivity index (χ3n) is 4.49. The Labute approximate surface area is 176 Å². The van der Waals surface area contributed by atoms with Gasteiger partial charge in [0.2, 0.25) is 0 Å². The fourth-order valence-electron chi connectivity index (χ4n) is 2.88. The molecule has 0 saturated heterocycles. The zero-order chi connectivity index (χ0) is 21.8. The molecule has 0 unspecified atom stereocenters. The molecule has 0 fully saturated rings. The second-order valence-electron chi connectivity index (χ2n) is 6.48. The largest absolute Gasteiger partial charge is 0.462 e. The van der Waals surface area contributed by atoms with E-state index in [-0.39, 0.29) is 22.0 Å². The highest BCUT2D eigenvalue weighted by molar-refractivity contribution is 6.60. The van der Waals surface area contributed by atoms with Gasteiger partial charge in [0.05, 0.1) is 28.4 Å². The minimum Gasteiger partial charge on any atom is -0.462 e. The maximum atomic E-state index is 12.9. The first kappa shape index (κ1) is 21.2. The first-order valence-corrected chi connectivity index (χ1v) is 9.53. The Balaban J connectivity index is 1.81. The summed E-state index contributed by atoms with van der Waals surface area (Å²) in [7, 11) is 0. The van der Waals surface area contributed by atoms with E-state index in [1.54, 1.807) is 0 Å². The first-order chi connectivity index (χ1) is 14.3. The van der Waals surface area contributed by atoms with Gasteiger partial charge in [-0.1, -0.05) is 24.9 Å². The standard InChI is InChI=1S/C21H17ClN2O6/c1-2-3-12-30-21(27)14-6-8-15(9-7-14)23-19(25)17(18(22)20(23)26)13-4-10-16(11-5-13)24(28)29/h4-11H,2-3,12H2,1H3. The summed E-state index contributed by atoms with van der Waals surface area (Å²) in [5, 5.41) is 10.5. The Bertz CT molecular complexity index is 1040. The highest BCUT2D eigenvalue weighted by atomic mass is 35.5. The molecule has 2 aromatic rings. The monoisotopic (exact) mass is 428 g/mol. The fraction of sp³-hybridized carbons (Fsp3) is 0.190. The minimum absolute atomic E-state index is 0.0420. The summed E-state index contributed by atoms with van der Waals surface area (Å²) in [6.45, 7) is 2.30. The van der Waals surface area contributed by atoms with Crippen LogP contribution in [0.2, 0.25) is 0 Å². The Morgan fingerprint density at radius 1 is 1.07 bits per heavy atom. The number of carbonyl (C=O) groups is 3. The van der Waals surface area contributed by atoms with E-state index in [1.165, 1.54) is 48.5 Å². The van der Waals surface area contributed by atoms with Gasteiger partial charge in [0.15, 0.2) is 0 Å². The van der Waals surface area contributed by atoms with Gasteiger partial charge >= 0.3 is 5.97 Å². The van der Waals surface area contributed by atoms with Crippen molar-refractivity contribution in [2.75, 3.05) is 11.5 Å². The summed E-state index contributed by atoms with van der Waals surface area (Å²) >= 11 is 6.12. The van der Waals surface area contributed by atoms with Gasteiger partial charge in [0.1, 0.15) is 5.03 Å². The van der Waals surface area contributed by atoms with Crippen LogP contribution >= 0.6 is 11.6 Å². The maximum Gasteiger partial charge on any atom is 0.338 e. The molecule has 1 aliphatic rings. The molecule has 30 heavy (non-hydrogen) atoms. The lowest BCUT2D eigenvalue weighted by Gasteiger charge is -2.15. The summed E-state index contributed by atoms with van der Waals surface area (Å²) < 4.78 is 5.13. The maximum absolute atomic E-state index is 12.9. The van der Waals surface area contributed by atoms with Gasteiger partial charge < -0.3 is 4.74 Å². The minimum atomic E-state index is -0.715. The number of nitro benzene ring substituents is 1. The third kappa shape index (κ3) is 4.08. The van der Waals surface area contributed by atoms with Crippen LogP contribution in [-0.4, -0.2) is 29.3 Å². The molecule has 0 radical (unpaired) electrons. The number of anilines is 1. The van der Waals surface area contributed by atoms with Crippen molar-refractivity contribution in [1.82, 2.24) is 0 Å². The predicted molar refractivity (Wildman–Crippen MR) is 110 cm³/mol. The molecular formula is C21H17ClN2O6. The molecule has 0 aliphatic carbocycles. The second kappa shape index (κ2) is 8.87. The number of non-ortho nitro benzene ring substituents is 1. The zero-order valence-corrected chi connectivity index (χ0v) is 16.7. The van der Waals surface area contributed by atoms with Crippen molar-refractivity contribution in [3.63, 3.8) is 0 Å². The molecule has 0 bridgehead atoms. The van der Waals surface area contributed by atoms with Crippen molar-refractivity contribution in [2.45, 2.75) is 19.8 Å². The van der Waals surface area contributed by atoms with Crippen LogP contribution in [0, 0.1) is 10.1 Å². The average molecular weight is 429 g/mol. The number of carbonyl (C=O) groups excluding carboxylic acids is 3. The van der Waals surface area contributed by atoms with Gasteiger partial charge in [-0.2, -0.15) is 0 Å². The number of hydrogen-bond acceptors (Lipinski definition) is 6. The number of unbranched alkanes of at least 4 members (excludes halogenated alkanes) is 1. The summed E-state index contributed by atoms with van der Waals surface area (Å²) in [6.07, 6.45) is 1.66. The Morgan fingerprint density at radius 2 is 1.70 bits per heavy atom. The number of benzene rings is 2. The molecule has 3 rings (SSSR count). The van der Waals surface area contributed by atoms with E-state index in [2.05, 4.69) is 0 Å². The number of imide groups is 1. The van der Waals surface area contributed by atoms with Crippen LogP contribution in [0.25, 0.3) is 5.57 Å². The average Bonchev–Trinajstić information content (AvgIpc) is 2.96. The van der Waals surface area contributed by atoms with Crippen molar-refractivity contribution < 1.29 is 24.0 Å². The smallest absolute Gasteiger partial charge is 0.338 e. The Kier molecular flexibility index (Phi) is 6.27. The third-order valence-corrected chi connectivity index (χ3v) is 4.84. The van der Waals surface area contributed by atoms with Crippen LogP contribution in [0.15, 0.2) is 53.6 Å². The summed E-state index contributed by atoms with van der Waals surface area (Å²) in [6, 6.07) is 11.0. The van der Waals surface area contributed by atoms with Gasteiger partial charge in [0, 0.05) is 12.1 Å². The van der Waals surface area contributed by atoms with E-state index < -0.39 is 22.7 Å². The Hall–Kier alpha value is -3.52. The molecule has 0 spiro atoms. The fourth-order valence-corrected chi connectivity index (χ4v) is 3.15. The molecule has 1 heterocycles. The van der Waals surface area contributed by atoms with Gasteiger partial charge in [-0.15, -0.1) is 0 Å². The van der Waals surface area contributed by atoms with E-state index in [0.29, 0.717) is 17.7 Å². The second-order valence-corrected chi connectivity index (χ2v) is 6.85. The van der Waals surface area contributed by atoms with E-state index in [1.807, 2.05) is 6.92 Å². The van der Waals surface area contributed by atoms with Crippen LogP contribution in [0.3, 0.4) is 0 Å². The lowest BCUT2D eigenvalue weighted by molar-refractivity contribution is -0.384. The topological polar surface area (TPSA) is 107 Å². The Morgan fingerprint density at radius 3 is 2.27 bits per heavy atom. The molecule has 9 heteroatoms. The molecular weight excluding hydrogens is 412 g/mol. The number of amides is 2. The van der Waals surface area contributed by atoms with E-state index in [0.717, 1.165) is 17.7 Å². The van der Waals surface area contributed by atoms with Crippen LogP contribution < -0.4 is 4.90 Å². The van der Waals surface area contributed by atoms with E-state index >= 15 is 0 Å². The number of nitro groups is 1. The van der Waals surface area contributed by atoms with Crippen molar-refractivity contribution in [2.24, 2.45) is 0 Å². The lowest BCUT2D eigenvalue weighted by Crippen LogP contribution is -2.31. The molecule has 2 aromatic carbocycles. The van der Waals surface area contributed by atoms with Crippen molar-refractivity contribution in [3.05, 3.63) is 74.8 Å². The van der Waals surface area contributed by atoms with Gasteiger partial charge in [-0.3, -0.25) is 19.7 Å². The number of ether oxygens (including phenoxy) is 1. The summed E-state index contributed by atoms with van der Waals surface area (Å²) in [5.74, 6) is -1.86. The van der Waals surface area contributed by atoms with Crippen molar-refractivity contribution in [1.29, 1.82) is 0 Å². The van der Waals surface area contributed by atoms with Crippen LogP contribution in [0.1, 0.15) is 35.7 Å². The van der Waals surface area contributed by atoms with Gasteiger partial charge in [-0.25, -0.2) is 9.69 Å². The first-order valence-electron chi connectivity index (χ1n) is 9.15. The van der Waals surface area contributed by atoms with Gasteiger partial charge in [-0.05, 0) is 48.4 Å². The number of esters is 1. The summed E-state index contributed by atoms with van der Waals surface area (Å²) in [5.41, 5.74) is 0.640. The molecule has 0 aromatic heterocycles. The molecule has 0 N–H and O–H groups in total. The SMILES string of the molecule is CCCCOC(=O)c1ccc(N2C(=O)C(Cl)=C(c3ccc([N+](=O)[O-])cc3)C2=O)cc1. The number of rotatable bonds is 7. The lowest BCUT2D eigenvalue weighted by atomic mass is 10.1. The molecule has 0 saturated carbocycles. The highest BCUT2D eigenvalue weighted by Gasteiger charge is 2.39. The number of hydrogen-bond donors (Lipinski definition) is 0. The van der Waals surface area contributed by atoms with Crippen molar-refractivity contribution >= 4 is 46.3 Å². The molecule has 8 nitrogen and oxygen atoms in total. The van der Waals surface area contributed by atoms with Crippen LogP contribution in [0.4, 0.5) is 11.4 Å². The number of halogens is 1.